The zero-order valence-corrected chi connectivity index (χ0v) is 11.9. The number of hydrogen-bond donors (Lipinski definition) is 2. The normalized spacial score (nSPS) is 14.5. The molecule has 0 radical (unpaired) electrons. The summed E-state index contributed by atoms with van der Waals surface area (Å²) >= 11 is 0. The fourth-order valence-electron chi connectivity index (χ4n) is 2.14. The standard InChI is InChI=1S/C16H24N2O/c1-3-12(4-2)11-17-14-6-5-7-15(10-14)18-16(19)13-8-9-13/h5-7,10,12-13,17H,3-4,8-9,11H2,1-2H3,(H,18,19). The fraction of sp³-hybridized carbons (Fsp3) is 0.562. The molecule has 0 unspecified atom stereocenters. The molecule has 0 atom stereocenters. The van der Waals surface area contributed by atoms with Gasteiger partial charge in [-0.05, 0) is 37.0 Å². The molecule has 1 saturated carbocycles. The van der Waals surface area contributed by atoms with E-state index in [0.29, 0.717) is 5.92 Å². The molecule has 1 aromatic rings. The van der Waals surface area contributed by atoms with Gasteiger partial charge in [0.25, 0.3) is 0 Å². The first-order chi connectivity index (χ1) is 9.22. The lowest BCUT2D eigenvalue weighted by molar-refractivity contribution is -0.117. The molecular formula is C16H24N2O. The van der Waals surface area contributed by atoms with Crippen molar-refractivity contribution < 1.29 is 4.79 Å². The quantitative estimate of drug-likeness (QED) is 0.781. The van der Waals surface area contributed by atoms with Crippen LogP contribution in [0.15, 0.2) is 24.3 Å². The summed E-state index contributed by atoms with van der Waals surface area (Å²) in [7, 11) is 0. The number of carbonyl (C=O) groups excluding carboxylic acids is 1. The minimum absolute atomic E-state index is 0.164. The Morgan fingerprint density at radius 2 is 1.95 bits per heavy atom. The second kappa shape index (κ2) is 6.60. The molecule has 0 aliphatic heterocycles. The Labute approximate surface area is 115 Å². The molecule has 0 spiro atoms. The maximum atomic E-state index is 11.7. The third-order valence-electron chi connectivity index (χ3n) is 3.83. The molecule has 19 heavy (non-hydrogen) atoms. The number of amides is 1. The van der Waals surface area contributed by atoms with E-state index in [1.807, 2.05) is 18.2 Å². The molecule has 0 aromatic heterocycles. The number of hydrogen-bond acceptors (Lipinski definition) is 2. The smallest absolute Gasteiger partial charge is 0.227 e. The van der Waals surface area contributed by atoms with Gasteiger partial charge in [0.05, 0.1) is 0 Å². The SMILES string of the molecule is CCC(CC)CNc1cccc(NC(=O)C2CC2)c1. The second-order valence-corrected chi connectivity index (χ2v) is 5.41. The van der Waals surface area contributed by atoms with Gasteiger partial charge in [0.1, 0.15) is 0 Å². The van der Waals surface area contributed by atoms with Crippen molar-refractivity contribution in [2.45, 2.75) is 39.5 Å². The Kier molecular flexibility index (Phi) is 4.83. The van der Waals surface area contributed by atoms with Crippen molar-refractivity contribution in [3.8, 4) is 0 Å². The minimum Gasteiger partial charge on any atom is -0.385 e. The zero-order chi connectivity index (χ0) is 13.7. The number of rotatable bonds is 7. The van der Waals surface area contributed by atoms with Gasteiger partial charge in [-0.1, -0.05) is 32.8 Å². The molecule has 104 valence electrons. The lowest BCUT2D eigenvalue weighted by Crippen LogP contribution is -2.14. The number of carbonyl (C=O) groups is 1. The number of benzene rings is 1. The lowest BCUT2D eigenvalue weighted by Gasteiger charge is -2.15. The molecule has 1 fully saturated rings. The molecule has 3 heteroatoms. The van der Waals surface area contributed by atoms with E-state index in [9.17, 15) is 4.79 Å². The van der Waals surface area contributed by atoms with E-state index in [2.05, 4.69) is 30.5 Å². The van der Waals surface area contributed by atoms with Crippen LogP contribution in [-0.4, -0.2) is 12.5 Å². The number of nitrogens with one attached hydrogen (secondary N) is 2. The maximum absolute atomic E-state index is 11.7. The minimum atomic E-state index is 0.164. The van der Waals surface area contributed by atoms with Gasteiger partial charge in [0, 0.05) is 23.8 Å². The van der Waals surface area contributed by atoms with Gasteiger partial charge in [-0.15, -0.1) is 0 Å². The highest BCUT2D eigenvalue weighted by Gasteiger charge is 2.29. The van der Waals surface area contributed by atoms with E-state index in [1.54, 1.807) is 0 Å². The van der Waals surface area contributed by atoms with Gasteiger partial charge in [0.2, 0.25) is 5.91 Å². The third kappa shape index (κ3) is 4.27. The molecule has 1 aromatic carbocycles. The Morgan fingerprint density at radius 1 is 1.26 bits per heavy atom. The molecule has 1 aliphatic carbocycles. The monoisotopic (exact) mass is 260 g/mol. The molecule has 0 bridgehead atoms. The third-order valence-corrected chi connectivity index (χ3v) is 3.83. The summed E-state index contributed by atoms with van der Waals surface area (Å²) in [4.78, 5) is 11.7. The van der Waals surface area contributed by atoms with Crippen molar-refractivity contribution in [3.63, 3.8) is 0 Å². The Hall–Kier alpha value is -1.51. The van der Waals surface area contributed by atoms with Crippen LogP contribution in [0.3, 0.4) is 0 Å². The van der Waals surface area contributed by atoms with Crippen LogP contribution in [0.5, 0.6) is 0 Å². The number of anilines is 2. The molecular weight excluding hydrogens is 236 g/mol. The van der Waals surface area contributed by atoms with Crippen LogP contribution >= 0.6 is 0 Å². The van der Waals surface area contributed by atoms with Crippen molar-refractivity contribution in [1.29, 1.82) is 0 Å². The van der Waals surface area contributed by atoms with Gasteiger partial charge < -0.3 is 10.6 Å². The van der Waals surface area contributed by atoms with Gasteiger partial charge >= 0.3 is 0 Å². The van der Waals surface area contributed by atoms with Crippen LogP contribution in [0.25, 0.3) is 0 Å². The van der Waals surface area contributed by atoms with Gasteiger partial charge in [-0.3, -0.25) is 4.79 Å². The van der Waals surface area contributed by atoms with Gasteiger partial charge in [0.15, 0.2) is 0 Å². The fourth-order valence-corrected chi connectivity index (χ4v) is 2.14. The zero-order valence-electron chi connectivity index (χ0n) is 11.9. The molecule has 0 saturated heterocycles. The van der Waals surface area contributed by atoms with Crippen LogP contribution in [-0.2, 0) is 4.79 Å². The molecule has 1 aliphatic rings. The van der Waals surface area contributed by atoms with Crippen LogP contribution < -0.4 is 10.6 Å². The van der Waals surface area contributed by atoms with E-state index in [0.717, 1.165) is 30.8 Å². The summed E-state index contributed by atoms with van der Waals surface area (Å²) in [6.45, 7) is 5.44. The first kappa shape index (κ1) is 13.9. The highest BCUT2D eigenvalue weighted by Crippen LogP contribution is 2.30. The summed E-state index contributed by atoms with van der Waals surface area (Å²) in [5.74, 6) is 1.13. The van der Waals surface area contributed by atoms with Crippen LogP contribution in [0, 0.1) is 11.8 Å². The van der Waals surface area contributed by atoms with E-state index in [1.165, 1.54) is 12.8 Å². The van der Waals surface area contributed by atoms with Crippen molar-refractivity contribution in [3.05, 3.63) is 24.3 Å². The summed E-state index contributed by atoms with van der Waals surface area (Å²) in [6, 6.07) is 8.00. The van der Waals surface area contributed by atoms with Gasteiger partial charge in [-0.2, -0.15) is 0 Å². The Bertz CT molecular complexity index is 423. The first-order valence-electron chi connectivity index (χ1n) is 7.37. The van der Waals surface area contributed by atoms with E-state index in [4.69, 9.17) is 0 Å². The summed E-state index contributed by atoms with van der Waals surface area (Å²) in [5.41, 5.74) is 1.98. The predicted octanol–water partition coefficient (Wildman–Crippen LogP) is 3.88. The summed E-state index contributed by atoms with van der Waals surface area (Å²) in [5, 5.41) is 6.43. The van der Waals surface area contributed by atoms with Crippen LogP contribution in [0.4, 0.5) is 11.4 Å². The second-order valence-electron chi connectivity index (χ2n) is 5.41. The molecule has 2 N–H and O–H groups in total. The molecule has 1 amide bonds. The first-order valence-corrected chi connectivity index (χ1v) is 7.37. The molecule has 0 heterocycles. The van der Waals surface area contributed by atoms with E-state index in [-0.39, 0.29) is 11.8 Å². The molecule has 2 rings (SSSR count). The average molecular weight is 260 g/mol. The summed E-state index contributed by atoms with van der Waals surface area (Å²) in [6.07, 6.45) is 4.47. The summed E-state index contributed by atoms with van der Waals surface area (Å²) < 4.78 is 0. The van der Waals surface area contributed by atoms with Crippen molar-refractivity contribution in [2.24, 2.45) is 11.8 Å². The highest BCUT2D eigenvalue weighted by atomic mass is 16.2. The van der Waals surface area contributed by atoms with Crippen molar-refractivity contribution in [1.82, 2.24) is 0 Å². The topological polar surface area (TPSA) is 41.1 Å². The maximum Gasteiger partial charge on any atom is 0.227 e. The van der Waals surface area contributed by atoms with Crippen molar-refractivity contribution in [2.75, 3.05) is 17.2 Å². The Morgan fingerprint density at radius 3 is 2.58 bits per heavy atom. The molecule has 3 nitrogen and oxygen atoms in total. The van der Waals surface area contributed by atoms with Crippen LogP contribution in [0.2, 0.25) is 0 Å². The average Bonchev–Trinajstić information content (AvgIpc) is 3.25. The Balaban J connectivity index is 1.88. The largest absolute Gasteiger partial charge is 0.385 e. The van der Waals surface area contributed by atoms with E-state index < -0.39 is 0 Å². The lowest BCUT2D eigenvalue weighted by atomic mass is 10.0. The van der Waals surface area contributed by atoms with Crippen molar-refractivity contribution >= 4 is 17.3 Å². The predicted molar refractivity (Wildman–Crippen MR) is 80.4 cm³/mol. The van der Waals surface area contributed by atoms with Gasteiger partial charge in [-0.25, -0.2) is 0 Å². The van der Waals surface area contributed by atoms with E-state index >= 15 is 0 Å². The van der Waals surface area contributed by atoms with Crippen LogP contribution in [0.1, 0.15) is 39.5 Å². The highest BCUT2D eigenvalue weighted by molar-refractivity contribution is 5.94.